The van der Waals surface area contributed by atoms with Crippen molar-refractivity contribution in [3.8, 4) is 5.75 Å². The maximum absolute atomic E-state index is 11.4. The molecular weight excluding hydrogens is 180 g/mol. The zero-order valence-electron chi connectivity index (χ0n) is 7.90. The smallest absolute Gasteiger partial charge is 0.322 e. The molecule has 4 heteroatoms. The van der Waals surface area contributed by atoms with E-state index in [4.69, 9.17) is 0 Å². The standard InChI is InChI=1S/C10H12N2O2/c1-7-6-12(10(14)11-7)8-3-2-4-9(13)5-8/h2-5,7,13H,6H2,1H3,(H,11,14). The van der Waals surface area contributed by atoms with Crippen LogP contribution in [0, 0.1) is 0 Å². The molecule has 1 fully saturated rings. The first kappa shape index (κ1) is 8.87. The van der Waals surface area contributed by atoms with Gasteiger partial charge in [0, 0.05) is 24.3 Å². The Balaban J connectivity index is 2.27. The van der Waals surface area contributed by atoms with Gasteiger partial charge in [-0.05, 0) is 19.1 Å². The molecule has 74 valence electrons. The lowest BCUT2D eigenvalue weighted by atomic mass is 10.2. The van der Waals surface area contributed by atoms with Gasteiger partial charge in [0.05, 0.1) is 0 Å². The number of benzene rings is 1. The maximum atomic E-state index is 11.4. The number of carbonyl (C=O) groups is 1. The van der Waals surface area contributed by atoms with Crippen molar-refractivity contribution in [3.05, 3.63) is 24.3 Å². The minimum Gasteiger partial charge on any atom is -0.508 e. The average molecular weight is 192 g/mol. The van der Waals surface area contributed by atoms with E-state index in [0.717, 1.165) is 5.69 Å². The van der Waals surface area contributed by atoms with E-state index in [-0.39, 0.29) is 17.8 Å². The molecule has 0 bridgehead atoms. The Labute approximate surface area is 82.2 Å². The summed E-state index contributed by atoms with van der Waals surface area (Å²) >= 11 is 0. The van der Waals surface area contributed by atoms with Crippen molar-refractivity contribution in [2.45, 2.75) is 13.0 Å². The molecule has 0 radical (unpaired) electrons. The highest BCUT2D eigenvalue weighted by atomic mass is 16.3. The number of rotatable bonds is 1. The zero-order valence-corrected chi connectivity index (χ0v) is 7.90. The van der Waals surface area contributed by atoms with Crippen LogP contribution >= 0.6 is 0 Å². The van der Waals surface area contributed by atoms with Crippen LogP contribution in [0.5, 0.6) is 5.75 Å². The molecule has 1 saturated heterocycles. The van der Waals surface area contributed by atoms with Crippen molar-refractivity contribution in [3.63, 3.8) is 0 Å². The van der Waals surface area contributed by atoms with Crippen LogP contribution in [0.2, 0.25) is 0 Å². The van der Waals surface area contributed by atoms with Crippen molar-refractivity contribution < 1.29 is 9.90 Å². The predicted molar refractivity (Wildman–Crippen MR) is 53.4 cm³/mol. The number of urea groups is 1. The molecule has 4 nitrogen and oxygen atoms in total. The van der Waals surface area contributed by atoms with Gasteiger partial charge in [-0.3, -0.25) is 4.90 Å². The molecule has 1 aromatic carbocycles. The number of nitrogens with one attached hydrogen (secondary N) is 1. The Morgan fingerprint density at radius 3 is 2.93 bits per heavy atom. The minimum absolute atomic E-state index is 0.108. The third-order valence-electron chi connectivity index (χ3n) is 2.21. The summed E-state index contributed by atoms with van der Waals surface area (Å²) in [5.74, 6) is 0.176. The molecule has 0 aromatic heterocycles. The number of amides is 2. The molecule has 1 aliphatic rings. The number of nitrogens with zero attached hydrogens (tertiary/aromatic N) is 1. The van der Waals surface area contributed by atoms with Gasteiger partial charge in [-0.25, -0.2) is 4.79 Å². The molecule has 1 unspecified atom stereocenters. The number of hydrogen-bond acceptors (Lipinski definition) is 2. The van der Waals surface area contributed by atoms with Gasteiger partial charge in [0.1, 0.15) is 5.75 Å². The van der Waals surface area contributed by atoms with Crippen LogP contribution in [0.4, 0.5) is 10.5 Å². The van der Waals surface area contributed by atoms with Gasteiger partial charge < -0.3 is 10.4 Å². The normalized spacial score (nSPS) is 21.1. The molecule has 1 aromatic rings. The Kier molecular flexibility index (Phi) is 2.04. The van der Waals surface area contributed by atoms with Gasteiger partial charge in [0.25, 0.3) is 0 Å². The number of hydrogen-bond donors (Lipinski definition) is 2. The Bertz CT molecular complexity index is 365. The number of phenols is 1. The summed E-state index contributed by atoms with van der Waals surface area (Å²) in [4.78, 5) is 13.0. The highest BCUT2D eigenvalue weighted by Gasteiger charge is 2.26. The van der Waals surface area contributed by atoms with E-state index in [0.29, 0.717) is 6.54 Å². The fraction of sp³-hybridized carbons (Fsp3) is 0.300. The topological polar surface area (TPSA) is 52.6 Å². The second kappa shape index (κ2) is 3.21. The van der Waals surface area contributed by atoms with Crippen molar-refractivity contribution in [1.82, 2.24) is 5.32 Å². The fourth-order valence-electron chi connectivity index (χ4n) is 1.57. The highest BCUT2D eigenvalue weighted by molar-refractivity contribution is 5.94. The van der Waals surface area contributed by atoms with E-state index in [2.05, 4.69) is 5.32 Å². The van der Waals surface area contributed by atoms with E-state index in [9.17, 15) is 9.90 Å². The lowest BCUT2D eigenvalue weighted by molar-refractivity contribution is 0.251. The number of phenolic OH excluding ortho intramolecular Hbond substituents is 1. The molecule has 0 spiro atoms. The molecule has 1 heterocycles. The molecule has 1 aliphatic heterocycles. The summed E-state index contributed by atoms with van der Waals surface area (Å²) in [6.45, 7) is 2.59. The molecule has 14 heavy (non-hydrogen) atoms. The lowest BCUT2D eigenvalue weighted by Crippen LogP contribution is -2.27. The first-order valence-electron chi connectivity index (χ1n) is 4.54. The zero-order chi connectivity index (χ0) is 10.1. The Hall–Kier alpha value is -1.71. The van der Waals surface area contributed by atoms with E-state index in [1.807, 2.05) is 6.92 Å². The van der Waals surface area contributed by atoms with E-state index in [1.165, 1.54) is 0 Å². The van der Waals surface area contributed by atoms with Crippen molar-refractivity contribution in [2.75, 3.05) is 11.4 Å². The maximum Gasteiger partial charge on any atom is 0.322 e. The molecule has 2 amide bonds. The van der Waals surface area contributed by atoms with Gasteiger partial charge in [-0.1, -0.05) is 6.07 Å². The second-order valence-corrected chi connectivity index (χ2v) is 3.48. The molecule has 0 saturated carbocycles. The summed E-state index contributed by atoms with van der Waals surface area (Å²) in [7, 11) is 0. The predicted octanol–water partition coefficient (Wildman–Crippen LogP) is 1.31. The quantitative estimate of drug-likeness (QED) is 0.704. The minimum atomic E-state index is -0.108. The van der Waals surface area contributed by atoms with Crippen molar-refractivity contribution in [1.29, 1.82) is 0 Å². The third-order valence-corrected chi connectivity index (χ3v) is 2.21. The first-order valence-corrected chi connectivity index (χ1v) is 4.54. The Morgan fingerprint density at radius 1 is 1.57 bits per heavy atom. The molecule has 1 atom stereocenters. The summed E-state index contributed by atoms with van der Waals surface area (Å²) in [5.41, 5.74) is 0.729. The summed E-state index contributed by atoms with van der Waals surface area (Å²) in [6.07, 6.45) is 0. The van der Waals surface area contributed by atoms with Crippen LogP contribution in [-0.2, 0) is 0 Å². The molecular formula is C10H12N2O2. The largest absolute Gasteiger partial charge is 0.508 e. The third kappa shape index (κ3) is 1.51. The summed E-state index contributed by atoms with van der Waals surface area (Å²) in [6, 6.07) is 6.74. The number of carbonyl (C=O) groups excluding carboxylic acids is 1. The van der Waals surface area contributed by atoms with Crippen LogP contribution in [-0.4, -0.2) is 23.7 Å². The molecule has 2 rings (SSSR count). The van der Waals surface area contributed by atoms with Crippen LogP contribution in [0.1, 0.15) is 6.92 Å². The average Bonchev–Trinajstić information content (AvgIpc) is 2.45. The van der Waals surface area contributed by atoms with E-state index < -0.39 is 0 Å². The van der Waals surface area contributed by atoms with E-state index >= 15 is 0 Å². The monoisotopic (exact) mass is 192 g/mol. The van der Waals surface area contributed by atoms with Crippen molar-refractivity contribution in [2.24, 2.45) is 0 Å². The van der Waals surface area contributed by atoms with Crippen LogP contribution in [0.25, 0.3) is 0 Å². The van der Waals surface area contributed by atoms with E-state index in [1.54, 1.807) is 29.2 Å². The molecule has 2 N–H and O–H groups in total. The summed E-state index contributed by atoms with van der Waals surface area (Å²) in [5, 5.41) is 12.1. The summed E-state index contributed by atoms with van der Waals surface area (Å²) < 4.78 is 0. The highest BCUT2D eigenvalue weighted by Crippen LogP contribution is 2.22. The van der Waals surface area contributed by atoms with Gasteiger partial charge in [-0.2, -0.15) is 0 Å². The second-order valence-electron chi connectivity index (χ2n) is 3.48. The first-order chi connectivity index (χ1) is 6.66. The fourth-order valence-corrected chi connectivity index (χ4v) is 1.57. The van der Waals surface area contributed by atoms with Crippen LogP contribution in [0.3, 0.4) is 0 Å². The SMILES string of the molecule is CC1CN(c2cccc(O)c2)C(=O)N1. The number of anilines is 1. The van der Waals surface area contributed by atoms with Crippen LogP contribution < -0.4 is 10.2 Å². The van der Waals surface area contributed by atoms with Gasteiger partial charge in [0.2, 0.25) is 0 Å². The van der Waals surface area contributed by atoms with Gasteiger partial charge in [0.15, 0.2) is 0 Å². The number of aromatic hydroxyl groups is 1. The molecule has 0 aliphatic carbocycles. The lowest BCUT2D eigenvalue weighted by Gasteiger charge is -2.14. The Morgan fingerprint density at radius 2 is 2.36 bits per heavy atom. The van der Waals surface area contributed by atoms with Crippen LogP contribution in [0.15, 0.2) is 24.3 Å². The van der Waals surface area contributed by atoms with Gasteiger partial charge >= 0.3 is 6.03 Å². The van der Waals surface area contributed by atoms with Gasteiger partial charge in [-0.15, -0.1) is 0 Å². The van der Waals surface area contributed by atoms with Crippen molar-refractivity contribution >= 4 is 11.7 Å².